The highest BCUT2D eigenvalue weighted by atomic mass is 15.4. The number of aryl methyl sites for hydroxylation is 1. The van der Waals surface area contributed by atoms with Crippen LogP contribution >= 0.6 is 0 Å². The Morgan fingerprint density at radius 3 is 2.23 bits per heavy atom. The second kappa shape index (κ2) is 6.13. The molecule has 1 aliphatic rings. The normalized spacial score (nSPS) is 13.8. The summed E-state index contributed by atoms with van der Waals surface area (Å²) in [6, 6.07) is 17.1. The molecule has 0 radical (unpaired) electrons. The summed E-state index contributed by atoms with van der Waals surface area (Å²) in [6.45, 7) is 9.56. The Balaban J connectivity index is 1.79. The van der Waals surface area contributed by atoms with Crippen LogP contribution in [0.5, 0.6) is 0 Å². The van der Waals surface area contributed by atoms with E-state index in [4.69, 9.17) is 0 Å². The Bertz CT molecular complexity index is 943. The van der Waals surface area contributed by atoms with Crippen LogP contribution in [-0.4, -0.2) is 16.6 Å². The average molecular weight is 344 g/mol. The molecule has 0 N–H and O–H groups in total. The Hall–Kier alpha value is -2.88. The van der Waals surface area contributed by atoms with Crippen LogP contribution in [0.1, 0.15) is 31.9 Å². The van der Waals surface area contributed by atoms with Gasteiger partial charge in [-0.25, -0.2) is 9.97 Å². The second-order valence-corrected chi connectivity index (χ2v) is 7.79. The third-order valence-electron chi connectivity index (χ3n) is 4.88. The van der Waals surface area contributed by atoms with Gasteiger partial charge < -0.3 is 9.80 Å². The summed E-state index contributed by atoms with van der Waals surface area (Å²) in [5.41, 5.74) is 4.97. The minimum absolute atomic E-state index is 0.108. The van der Waals surface area contributed by atoms with Crippen molar-refractivity contribution < 1.29 is 0 Å². The molecule has 26 heavy (non-hydrogen) atoms. The summed E-state index contributed by atoms with van der Waals surface area (Å²) in [5, 5.41) is 0. The maximum absolute atomic E-state index is 4.64. The first-order valence-electron chi connectivity index (χ1n) is 8.97. The summed E-state index contributed by atoms with van der Waals surface area (Å²) in [7, 11) is 0. The van der Waals surface area contributed by atoms with Gasteiger partial charge in [-0.2, -0.15) is 0 Å². The van der Waals surface area contributed by atoms with E-state index in [1.165, 1.54) is 16.8 Å². The van der Waals surface area contributed by atoms with Crippen LogP contribution in [0.4, 0.5) is 23.0 Å². The largest absolute Gasteiger partial charge is 0.305 e. The second-order valence-electron chi connectivity index (χ2n) is 7.79. The molecule has 0 fully saturated rings. The summed E-state index contributed by atoms with van der Waals surface area (Å²) in [6.07, 6.45) is 3.53. The molecule has 2 aromatic carbocycles. The van der Waals surface area contributed by atoms with Crippen molar-refractivity contribution in [2.24, 2.45) is 0 Å². The van der Waals surface area contributed by atoms with Crippen molar-refractivity contribution in [2.45, 2.75) is 33.1 Å². The van der Waals surface area contributed by atoms with Gasteiger partial charge in [-0.1, -0.05) is 51.1 Å². The van der Waals surface area contributed by atoms with Crippen LogP contribution in [-0.2, 0) is 5.41 Å². The standard InChI is InChI=1S/C22H24N4/c1-16-8-5-6-11-19(16)26-15-25(20-21(26)24-13-12-23-20)18-10-7-9-17(14-18)22(2,3)4/h5-14H,15H2,1-4H3. The van der Waals surface area contributed by atoms with Crippen molar-refractivity contribution in [1.29, 1.82) is 0 Å². The fourth-order valence-corrected chi connectivity index (χ4v) is 3.38. The zero-order chi connectivity index (χ0) is 18.3. The number of aromatic nitrogens is 2. The van der Waals surface area contributed by atoms with E-state index in [9.17, 15) is 0 Å². The topological polar surface area (TPSA) is 32.3 Å². The molecule has 4 rings (SSSR count). The molecular weight excluding hydrogens is 320 g/mol. The number of hydrogen-bond acceptors (Lipinski definition) is 4. The molecule has 0 aliphatic carbocycles. The molecule has 0 unspecified atom stereocenters. The molecule has 0 spiro atoms. The van der Waals surface area contributed by atoms with E-state index in [0.29, 0.717) is 6.67 Å². The number of anilines is 4. The van der Waals surface area contributed by atoms with Crippen LogP contribution in [0, 0.1) is 6.92 Å². The maximum Gasteiger partial charge on any atom is 0.178 e. The molecule has 0 saturated heterocycles. The SMILES string of the molecule is Cc1ccccc1N1CN(c2cccc(C(C)(C)C)c2)c2nccnc21. The molecule has 0 atom stereocenters. The van der Waals surface area contributed by atoms with Gasteiger partial charge in [0.1, 0.15) is 6.67 Å². The van der Waals surface area contributed by atoms with Crippen molar-refractivity contribution in [3.05, 3.63) is 72.1 Å². The Morgan fingerprint density at radius 2 is 1.54 bits per heavy atom. The lowest BCUT2D eigenvalue weighted by Crippen LogP contribution is -2.25. The van der Waals surface area contributed by atoms with Gasteiger partial charge >= 0.3 is 0 Å². The third kappa shape index (κ3) is 2.81. The summed E-state index contributed by atoms with van der Waals surface area (Å²) < 4.78 is 0. The minimum atomic E-state index is 0.108. The minimum Gasteiger partial charge on any atom is -0.305 e. The highest BCUT2D eigenvalue weighted by Gasteiger charge is 2.31. The van der Waals surface area contributed by atoms with Crippen LogP contribution in [0.2, 0.25) is 0 Å². The highest BCUT2D eigenvalue weighted by molar-refractivity contribution is 5.82. The van der Waals surface area contributed by atoms with Crippen molar-refractivity contribution in [3.8, 4) is 0 Å². The molecule has 3 aromatic rings. The zero-order valence-electron chi connectivity index (χ0n) is 15.8. The van der Waals surface area contributed by atoms with Gasteiger partial charge in [0.2, 0.25) is 0 Å². The lowest BCUT2D eigenvalue weighted by atomic mass is 9.87. The van der Waals surface area contributed by atoms with Gasteiger partial charge in [-0.3, -0.25) is 0 Å². The Kier molecular flexibility index (Phi) is 3.91. The molecule has 132 valence electrons. The highest BCUT2D eigenvalue weighted by Crippen LogP contribution is 2.42. The molecule has 4 nitrogen and oxygen atoms in total. The zero-order valence-corrected chi connectivity index (χ0v) is 15.8. The first-order chi connectivity index (χ1) is 12.4. The van der Waals surface area contributed by atoms with E-state index in [0.717, 1.165) is 17.3 Å². The predicted octanol–water partition coefficient (Wildman–Crippen LogP) is 5.33. The van der Waals surface area contributed by atoms with Crippen molar-refractivity contribution in [3.63, 3.8) is 0 Å². The van der Waals surface area contributed by atoms with Gasteiger partial charge in [0, 0.05) is 23.8 Å². The average Bonchev–Trinajstić information content (AvgIpc) is 3.01. The van der Waals surface area contributed by atoms with E-state index in [-0.39, 0.29) is 5.41 Å². The number of nitrogens with zero attached hydrogens (tertiary/aromatic N) is 4. The van der Waals surface area contributed by atoms with E-state index < -0.39 is 0 Å². The van der Waals surface area contributed by atoms with Crippen LogP contribution in [0.25, 0.3) is 0 Å². The first kappa shape index (κ1) is 16.6. The predicted molar refractivity (Wildman–Crippen MR) is 107 cm³/mol. The molecule has 0 bridgehead atoms. The molecule has 1 aliphatic heterocycles. The molecule has 1 aromatic heterocycles. The summed E-state index contributed by atoms with van der Waals surface area (Å²) in [4.78, 5) is 13.7. The van der Waals surface area contributed by atoms with Crippen molar-refractivity contribution in [2.75, 3.05) is 16.5 Å². The number of hydrogen-bond donors (Lipinski definition) is 0. The number of rotatable bonds is 2. The lowest BCUT2D eigenvalue weighted by Gasteiger charge is -2.24. The fraction of sp³-hybridized carbons (Fsp3) is 0.273. The van der Waals surface area contributed by atoms with E-state index in [1.807, 2.05) is 0 Å². The monoisotopic (exact) mass is 344 g/mol. The number of fused-ring (bicyclic) bond motifs is 1. The number of benzene rings is 2. The first-order valence-corrected chi connectivity index (χ1v) is 8.97. The van der Waals surface area contributed by atoms with Crippen LogP contribution < -0.4 is 9.80 Å². The lowest BCUT2D eigenvalue weighted by molar-refractivity contribution is 0.590. The maximum atomic E-state index is 4.64. The third-order valence-corrected chi connectivity index (χ3v) is 4.88. The number of para-hydroxylation sites is 1. The van der Waals surface area contributed by atoms with E-state index in [2.05, 4.69) is 96.0 Å². The van der Waals surface area contributed by atoms with E-state index in [1.54, 1.807) is 12.4 Å². The molecule has 4 heteroatoms. The van der Waals surface area contributed by atoms with Crippen molar-refractivity contribution >= 4 is 23.0 Å². The van der Waals surface area contributed by atoms with Gasteiger partial charge in [-0.15, -0.1) is 0 Å². The molecular formula is C22H24N4. The molecule has 0 saturated carbocycles. The van der Waals surface area contributed by atoms with Crippen LogP contribution in [0.3, 0.4) is 0 Å². The Labute approximate surface area is 155 Å². The molecule has 0 amide bonds. The van der Waals surface area contributed by atoms with Gasteiger partial charge in [-0.05, 0) is 41.7 Å². The quantitative estimate of drug-likeness (QED) is 0.629. The van der Waals surface area contributed by atoms with Gasteiger partial charge in [0.15, 0.2) is 11.6 Å². The van der Waals surface area contributed by atoms with Gasteiger partial charge in [0.05, 0.1) is 0 Å². The smallest absolute Gasteiger partial charge is 0.178 e. The van der Waals surface area contributed by atoms with Crippen LogP contribution in [0.15, 0.2) is 60.9 Å². The summed E-state index contributed by atoms with van der Waals surface area (Å²) >= 11 is 0. The van der Waals surface area contributed by atoms with E-state index >= 15 is 0 Å². The summed E-state index contributed by atoms with van der Waals surface area (Å²) in [5.74, 6) is 1.81. The van der Waals surface area contributed by atoms with Gasteiger partial charge in [0.25, 0.3) is 0 Å². The fourth-order valence-electron chi connectivity index (χ4n) is 3.38. The molecule has 2 heterocycles. The van der Waals surface area contributed by atoms with Crippen molar-refractivity contribution in [1.82, 2.24) is 9.97 Å². The Morgan fingerprint density at radius 1 is 0.846 bits per heavy atom.